The maximum Gasteiger partial charge on any atom is 0.325 e. The summed E-state index contributed by atoms with van der Waals surface area (Å²) in [6, 6.07) is 9.51. The van der Waals surface area contributed by atoms with Gasteiger partial charge in [0.25, 0.3) is 0 Å². The number of aromatic nitrogens is 3. The van der Waals surface area contributed by atoms with Crippen LogP contribution < -0.4 is 10.6 Å². The summed E-state index contributed by atoms with van der Waals surface area (Å²) in [6.07, 6.45) is 3.43. The van der Waals surface area contributed by atoms with Gasteiger partial charge in [0, 0.05) is 17.1 Å². The van der Waals surface area contributed by atoms with Gasteiger partial charge in [0.05, 0.1) is 23.1 Å². The van der Waals surface area contributed by atoms with E-state index in [1.54, 1.807) is 17.1 Å². The van der Waals surface area contributed by atoms with Crippen molar-refractivity contribution in [1.29, 1.82) is 0 Å². The molecular weight excluding hydrogens is 322 g/mol. The Balaban J connectivity index is 1.63. The second-order valence-corrected chi connectivity index (χ2v) is 7.19. The number of carbonyl (C=O) groups is 1. The number of carbonyl (C=O) groups excluding carboxylic acids is 1. The van der Waals surface area contributed by atoms with Gasteiger partial charge in [-0.1, -0.05) is 30.3 Å². The Hall–Kier alpha value is -2.67. The largest absolute Gasteiger partial charge is 0.325 e. The third kappa shape index (κ3) is 3.80. The number of hydrogen-bond donors (Lipinski definition) is 2. The summed E-state index contributed by atoms with van der Waals surface area (Å²) in [5.74, 6) is 0. The van der Waals surface area contributed by atoms with Gasteiger partial charge < -0.3 is 5.32 Å². The van der Waals surface area contributed by atoms with Crippen LogP contribution in [0.2, 0.25) is 0 Å². The second-order valence-electron chi connectivity index (χ2n) is 6.33. The molecular formula is C17H19N5OS. The van der Waals surface area contributed by atoms with Crippen LogP contribution in [0.4, 0.5) is 15.6 Å². The fraction of sp³-hybridized carbons (Fsp3) is 0.235. The van der Waals surface area contributed by atoms with E-state index in [0.29, 0.717) is 10.8 Å². The van der Waals surface area contributed by atoms with Gasteiger partial charge >= 0.3 is 6.03 Å². The molecule has 1 aromatic carbocycles. The first-order valence-electron chi connectivity index (χ1n) is 7.56. The Bertz CT molecular complexity index is 832. The fourth-order valence-corrected chi connectivity index (χ4v) is 2.80. The van der Waals surface area contributed by atoms with Crippen LogP contribution >= 0.6 is 11.3 Å². The molecule has 0 radical (unpaired) electrons. The average molecular weight is 341 g/mol. The molecule has 0 spiro atoms. The molecule has 2 N–H and O–H groups in total. The lowest BCUT2D eigenvalue weighted by Crippen LogP contribution is -2.22. The number of anilines is 2. The number of thiazole rings is 1. The average Bonchev–Trinajstić information content (AvgIpc) is 3.17. The van der Waals surface area contributed by atoms with Crippen molar-refractivity contribution < 1.29 is 4.79 Å². The van der Waals surface area contributed by atoms with Crippen LogP contribution in [0.3, 0.4) is 0 Å². The minimum absolute atomic E-state index is 0.129. The van der Waals surface area contributed by atoms with Crippen LogP contribution in [-0.2, 0) is 5.54 Å². The van der Waals surface area contributed by atoms with Crippen LogP contribution in [0.5, 0.6) is 0 Å². The van der Waals surface area contributed by atoms with Gasteiger partial charge in [0.1, 0.15) is 0 Å². The molecule has 124 valence electrons. The molecule has 0 aliphatic carbocycles. The lowest BCUT2D eigenvalue weighted by atomic mass is 10.1. The third-order valence-corrected chi connectivity index (χ3v) is 4.08. The van der Waals surface area contributed by atoms with E-state index in [0.717, 1.165) is 11.3 Å². The molecule has 2 amide bonds. The van der Waals surface area contributed by atoms with Gasteiger partial charge in [0.15, 0.2) is 5.13 Å². The summed E-state index contributed by atoms with van der Waals surface area (Å²) < 4.78 is 1.81. The highest BCUT2D eigenvalue weighted by molar-refractivity contribution is 7.14. The van der Waals surface area contributed by atoms with Crippen LogP contribution in [0, 0.1) is 0 Å². The van der Waals surface area contributed by atoms with Crippen LogP contribution in [0.1, 0.15) is 20.8 Å². The summed E-state index contributed by atoms with van der Waals surface area (Å²) in [6.45, 7) is 6.14. The minimum Gasteiger partial charge on any atom is -0.305 e. The number of urea groups is 1. The van der Waals surface area contributed by atoms with Crippen molar-refractivity contribution in [2.45, 2.75) is 26.3 Å². The number of nitrogens with zero attached hydrogens (tertiary/aromatic N) is 3. The predicted octanol–water partition coefficient (Wildman–Crippen LogP) is 4.41. The van der Waals surface area contributed by atoms with Crippen molar-refractivity contribution >= 4 is 28.2 Å². The number of nitrogens with one attached hydrogen (secondary N) is 2. The molecule has 3 rings (SSSR count). The molecule has 6 nitrogen and oxygen atoms in total. The van der Waals surface area contributed by atoms with Crippen molar-refractivity contribution in [3.63, 3.8) is 0 Å². The maximum absolute atomic E-state index is 12.1. The molecule has 0 bridgehead atoms. The van der Waals surface area contributed by atoms with Crippen molar-refractivity contribution in [2.75, 3.05) is 10.6 Å². The van der Waals surface area contributed by atoms with Crippen LogP contribution in [0.25, 0.3) is 11.3 Å². The van der Waals surface area contributed by atoms with Crippen molar-refractivity contribution in [3.8, 4) is 11.3 Å². The van der Waals surface area contributed by atoms with Gasteiger partial charge in [-0.25, -0.2) is 9.78 Å². The van der Waals surface area contributed by atoms with Gasteiger partial charge in [-0.05, 0) is 20.8 Å². The van der Waals surface area contributed by atoms with E-state index in [1.807, 2.05) is 56.5 Å². The van der Waals surface area contributed by atoms with E-state index in [9.17, 15) is 4.79 Å². The molecule has 0 aliphatic heterocycles. The lowest BCUT2D eigenvalue weighted by molar-refractivity contribution is 0.262. The van der Waals surface area contributed by atoms with Gasteiger partial charge in [-0.3, -0.25) is 10.00 Å². The van der Waals surface area contributed by atoms with Crippen molar-refractivity contribution in [3.05, 3.63) is 48.1 Å². The Morgan fingerprint density at radius 3 is 2.58 bits per heavy atom. The van der Waals surface area contributed by atoms with Crippen molar-refractivity contribution in [2.24, 2.45) is 0 Å². The number of benzene rings is 1. The van der Waals surface area contributed by atoms with Crippen molar-refractivity contribution in [1.82, 2.24) is 14.8 Å². The predicted molar refractivity (Wildman–Crippen MR) is 97.4 cm³/mol. The Kier molecular flexibility index (Phi) is 4.35. The molecule has 2 heterocycles. The zero-order valence-electron chi connectivity index (χ0n) is 13.8. The topological polar surface area (TPSA) is 71.8 Å². The first-order valence-corrected chi connectivity index (χ1v) is 8.44. The summed E-state index contributed by atoms with van der Waals surface area (Å²) in [5, 5.41) is 12.2. The number of amides is 2. The Labute approximate surface area is 144 Å². The SMILES string of the molecule is CC(C)(C)n1cc(NC(=O)Nc2nc(-c3ccccc3)cs2)cn1. The second kappa shape index (κ2) is 6.45. The summed E-state index contributed by atoms with van der Waals surface area (Å²) >= 11 is 1.39. The van der Waals surface area contributed by atoms with Crippen LogP contribution in [0.15, 0.2) is 48.1 Å². The fourth-order valence-electron chi connectivity index (χ4n) is 2.09. The molecule has 24 heavy (non-hydrogen) atoms. The molecule has 0 fully saturated rings. The zero-order chi connectivity index (χ0) is 17.2. The lowest BCUT2D eigenvalue weighted by Gasteiger charge is -2.18. The number of hydrogen-bond acceptors (Lipinski definition) is 4. The molecule has 0 saturated heterocycles. The minimum atomic E-state index is -0.336. The monoisotopic (exact) mass is 341 g/mol. The third-order valence-electron chi connectivity index (χ3n) is 3.32. The van der Waals surface area contributed by atoms with E-state index in [2.05, 4.69) is 20.7 Å². The molecule has 0 aliphatic rings. The van der Waals surface area contributed by atoms with E-state index in [1.165, 1.54) is 11.3 Å². The molecule has 2 aromatic heterocycles. The molecule has 3 aromatic rings. The first-order chi connectivity index (χ1) is 11.4. The molecule has 0 unspecified atom stereocenters. The van der Waals surface area contributed by atoms with E-state index in [4.69, 9.17) is 0 Å². The zero-order valence-corrected chi connectivity index (χ0v) is 14.6. The summed E-state index contributed by atoms with van der Waals surface area (Å²) in [7, 11) is 0. The number of rotatable bonds is 3. The standard InChI is InChI=1S/C17H19N5OS/c1-17(2,3)22-10-13(9-18-22)19-15(23)21-16-20-14(11-24-16)12-7-5-4-6-8-12/h4-11H,1-3H3,(H2,19,20,21,23). The molecule has 0 saturated carbocycles. The maximum atomic E-state index is 12.1. The van der Waals surface area contributed by atoms with Crippen LogP contribution in [-0.4, -0.2) is 20.8 Å². The van der Waals surface area contributed by atoms with Gasteiger partial charge in [-0.15, -0.1) is 11.3 Å². The molecule has 0 atom stereocenters. The smallest absolute Gasteiger partial charge is 0.305 e. The highest BCUT2D eigenvalue weighted by atomic mass is 32.1. The van der Waals surface area contributed by atoms with E-state index >= 15 is 0 Å². The van der Waals surface area contributed by atoms with E-state index in [-0.39, 0.29) is 11.6 Å². The molecule has 7 heteroatoms. The quantitative estimate of drug-likeness (QED) is 0.741. The van der Waals surface area contributed by atoms with Gasteiger partial charge in [-0.2, -0.15) is 5.10 Å². The highest BCUT2D eigenvalue weighted by Crippen LogP contribution is 2.24. The highest BCUT2D eigenvalue weighted by Gasteiger charge is 2.15. The first kappa shape index (κ1) is 16.2. The summed E-state index contributed by atoms with van der Waals surface area (Å²) in [5.41, 5.74) is 2.38. The normalized spacial score (nSPS) is 11.3. The summed E-state index contributed by atoms with van der Waals surface area (Å²) in [4.78, 5) is 16.5. The Morgan fingerprint density at radius 1 is 1.17 bits per heavy atom. The Morgan fingerprint density at radius 2 is 1.92 bits per heavy atom. The van der Waals surface area contributed by atoms with Gasteiger partial charge in [0.2, 0.25) is 0 Å². The van der Waals surface area contributed by atoms with E-state index < -0.39 is 0 Å².